The summed E-state index contributed by atoms with van der Waals surface area (Å²) in [6.45, 7) is 0.0209. The van der Waals surface area contributed by atoms with Gasteiger partial charge in [-0.2, -0.15) is 0 Å². The Kier molecular flexibility index (Phi) is 2.96. The Morgan fingerprint density at radius 3 is 3.00 bits per heavy atom. The van der Waals surface area contributed by atoms with Gasteiger partial charge in [0.1, 0.15) is 6.61 Å². The van der Waals surface area contributed by atoms with E-state index in [4.69, 9.17) is 4.74 Å². The van der Waals surface area contributed by atoms with Crippen LogP contribution < -0.4 is 4.74 Å². The van der Waals surface area contributed by atoms with E-state index in [0.717, 1.165) is 0 Å². The largest absolute Gasteiger partial charge is 0.485 e. The molecule has 3 nitrogen and oxygen atoms in total. The zero-order chi connectivity index (χ0) is 11.7. The van der Waals surface area contributed by atoms with Crippen molar-refractivity contribution in [3.8, 4) is 5.75 Å². The average molecular weight is 287 g/mol. The van der Waals surface area contributed by atoms with Crippen molar-refractivity contribution in [3.05, 3.63) is 33.6 Å². The fourth-order valence-corrected chi connectivity index (χ4v) is 1.75. The normalized spacial score (nSPS) is 13.6. The van der Waals surface area contributed by atoms with Crippen LogP contribution in [0.4, 0.5) is 4.39 Å². The zero-order valence-electron chi connectivity index (χ0n) is 8.42. The van der Waals surface area contributed by atoms with Crippen molar-refractivity contribution in [1.82, 2.24) is 0 Å². The predicted molar refractivity (Wildman–Crippen MR) is 59.6 cm³/mol. The number of ether oxygens (including phenoxy) is 2. The third-order valence-electron chi connectivity index (χ3n) is 2.23. The van der Waals surface area contributed by atoms with E-state index in [-0.39, 0.29) is 12.4 Å². The highest BCUT2D eigenvalue weighted by Crippen LogP contribution is 2.33. The van der Waals surface area contributed by atoms with Crippen molar-refractivity contribution in [3.63, 3.8) is 0 Å². The molecule has 0 aliphatic carbocycles. The molecule has 0 radical (unpaired) electrons. The fraction of sp³-hybridized carbons (Fsp3) is 0.182. The number of rotatable bonds is 1. The predicted octanol–water partition coefficient (Wildman–Crippen LogP) is 2.54. The first-order valence-electron chi connectivity index (χ1n) is 4.53. The molecule has 1 aliphatic heterocycles. The minimum atomic E-state index is -0.464. The maximum Gasteiger partial charge on any atom is 0.337 e. The summed E-state index contributed by atoms with van der Waals surface area (Å²) < 4.78 is 23.7. The molecule has 2 rings (SSSR count). The third-order valence-corrected chi connectivity index (χ3v) is 2.84. The number of methoxy groups -OCH3 is 1. The molecule has 0 atom stereocenters. The minimum Gasteiger partial charge on any atom is -0.485 e. The molecule has 1 aliphatic rings. The summed E-state index contributed by atoms with van der Waals surface area (Å²) in [5.74, 6) is -0.770. The first-order valence-corrected chi connectivity index (χ1v) is 5.32. The van der Waals surface area contributed by atoms with Crippen LogP contribution in [0.15, 0.2) is 22.2 Å². The smallest absolute Gasteiger partial charge is 0.337 e. The van der Waals surface area contributed by atoms with E-state index < -0.39 is 11.8 Å². The van der Waals surface area contributed by atoms with Gasteiger partial charge < -0.3 is 9.47 Å². The van der Waals surface area contributed by atoms with E-state index in [1.54, 1.807) is 18.2 Å². The number of benzene rings is 1. The number of esters is 1. The molecule has 0 bridgehead atoms. The van der Waals surface area contributed by atoms with Crippen LogP contribution in [0.25, 0.3) is 6.08 Å². The fourth-order valence-electron chi connectivity index (χ4n) is 1.44. The summed E-state index contributed by atoms with van der Waals surface area (Å²) in [6, 6.07) is 3.23. The van der Waals surface area contributed by atoms with Crippen molar-refractivity contribution in [1.29, 1.82) is 0 Å². The topological polar surface area (TPSA) is 35.5 Å². The molecule has 1 aromatic rings. The van der Waals surface area contributed by atoms with Gasteiger partial charge >= 0.3 is 5.97 Å². The van der Waals surface area contributed by atoms with Gasteiger partial charge in [-0.15, -0.1) is 0 Å². The lowest BCUT2D eigenvalue weighted by atomic mass is 10.1. The van der Waals surface area contributed by atoms with Crippen LogP contribution in [0.3, 0.4) is 0 Å². The van der Waals surface area contributed by atoms with E-state index in [9.17, 15) is 9.18 Å². The van der Waals surface area contributed by atoms with E-state index in [0.29, 0.717) is 15.6 Å². The molecule has 0 amide bonds. The highest BCUT2D eigenvalue weighted by molar-refractivity contribution is 9.10. The van der Waals surface area contributed by atoms with E-state index >= 15 is 0 Å². The first-order chi connectivity index (χ1) is 7.63. The molecule has 1 aromatic carbocycles. The highest BCUT2D eigenvalue weighted by atomic mass is 79.9. The van der Waals surface area contributed by atoms with Crippen molar-refractivity contribution in [2.75, 3.05) is 13.7 Å². The molecule has 84 valence electrons. The lowest BCUT2D eigenvalue weighted by Gasteiger charge is -2.17. The number of fused-ring (bicyclic) bond motifs is 1. The van der Waals surface area contributed by atoms with Crippen LogP contribution in [0.5, 0.6) is 5.75 Å². The van der Waals surface area contributed by atoms with Crippen molar-refractivity contribution in [2.24, 2.45) is 0 Å². The van der Waals surface area contributed by atoms with Crippen molar-refractivity contribution >= 4 is 28.0 Å². The number of halogens is 2. The second-order valence-corrected chi connectivity index (χ2v) is 4.08. The summed E-state index contributed by atoms with van der Waals surface area (Å²) in [7, 11) is 1.29. The zero-order valence-corrected chi connectivity index (χ0v) is 10.0. The number of hydrogen-bond acceptors (Lipinski definition) is 3. The monoisotopic (exact) mass is 286 g/mol. The molecule has 0 aromatic heterocycles. The molecule has 0 saturated carbocycles. The molecule has 1 heterocycles. The maximum atomic E-state index is 13.6. The van der Waals surface area contributed by atoms with Gasteiger partial charge in [0, 0.05) is 5.56 Å². The number of carbonyl (C=O) groups excluding carboxylic acids is 1. The molecule has 0 saturated heterocycles. The van der Waals surface area contributed by atoms with Crippen molar-refractivity contribution < 1.29 is 18.7 Å². The molecular formula is C11H8BrFO3. The Bertz CT molecular complexity index is 482. The molecule has 0 fully saturated rings. The lowest BCUT2D eigenvalue weighted by Crippen LogP contribution is -2.16. The Hall–Kier alpha value is -1.36. The van der Waals surface area contributed by atoms with Gasteiger partial charge in [-0.05, 0) is 34.1 Å². The molecule has 0 spiro atoms. The van der Waals surface area contributed by atoms with Gasteiger partial charge in [0.15, 0.2) is 11.6 Å². The lowest BCUT2D eigenvalue weighted by molar-refractivity contribution is -0.136. The van der Waals surface area contributed by atoms with E-state index in [2.05, 4.69) is 20.7 Å². The Morgan fingerprint density at radius 1 is 1.56 bits per heavy atom. The first kappa shape index (κ1) is 11.1. The van der Waals surface area contributed by atoms with Gasteiger partial charge in [0.2, 0.25) is 0 Å². The van der Waals surface area contributed by atoms with Gasteiger partial charge in [0.05, 0.1) is 17.2 Å². The maximum absolute atomic E-state index is 13.6. The van der Waals surface area contributed by atoms with Crippen molar-refractivity contribution in [2.45, 2.75) is 0 Å². The van der Waals surface area contributed by atoms with E-state index in [1.165, 1.54) is 7.11 Å². The Balaban J connectivity index is 2.46. The Labute approximate surface area is 100.0 Å². The third kappa shape index (κ3) is 1.82. The molecular weight excluding hydrogens is 279 g/mol. The van der Waals surface area contributed by atoms with Crippen LogP contribution in [0.2, 0.25) is 0 Å². The summed E-state index contributed by atoms with van der Waals surface area (Å²) in [5, 5.41) is 0. The van der Waals surface area contributed by atoms with Crippen LogP contribution in [0.1, 0.15) is 5.56 Å². The second kappa shape index (κ2) is 4.25. The Morgan fingerprint density at radius 2 is 2.31 bits per heavy atom. The minimum absolute atomic E-state index is 0.0209. The van der Waals surface area contributed by atoms with Gasteiger partial charge in [0.25, 0.3) is 0 Å². The van der Waals surface area contributed by atoms with Gasteiger partial charge in [-0.1, -0.05) is 0 Å². The summed E-state index contributed by atoms with van der Waals surface area (Å²) in [5.41, 5.74) is 0.907. The van der Waals surface area contributed by atoms with Crippen LogP contribution in [-0.4, -0.2) is 19.7 Å². The molecule has 0 N–H and O–H groups in total. The van der Waals surface area contributed by atoms with Crippen LogP contribution in [-0.2, 0) is 9.53 Å². The average Bonchev–Trinajstić information content (AvgIpc) is 2.32. The molecule has 0 unspecified atom stereocenters. The highest BCUT2D eigenvalue weighted by Gasteiger charge is 2.21. The molecule has 16 heavy (non-hydrogen) atoms. The second-order valence-electron chi connectivity index (χ2n) is 3.23. The quantitative estimate of drug-likeness (QED) is 0.745. The summed E-state index contributed by atoms with van der Waals surface area (Å²) >= 11 is 3.06. The van der Waals surface area contributed by atoms with Crippen LogP contribution in [0, 0.1) is 5.82 Å². The SMILES string of the molecule is COC(=O)C1=Cc2ccc(Br)c(F)c2OC1. The van der Waals surface area contributed by atoms with Gasteiger partial charge in [-0.3, -0.25) is 0 Å². The molecule has 5 heteroatoms. The van der Waals surface area contributed by atoms with E-state index in [1.807, 2.05) is 0 Å². The summed E-state index contributed by atoms with van der Waals surface area (Å²) in [4.78, 5) is 11.3. The van der Waals surface area contributed by atoms with Crippen LogP contribution >= 0.6 is 15.9 Å². The number of carbonyl (C=O) groups is 1. The standard InChI is InChI=1S/C11H8BrFO3/c1-15-11(14)7-4-6-2-3-8(12)9(13)10(6)16-5-7/h2-4H,5H2,1H3. The number of hydrogen-bond donors (Lipinski definition) is 0. The summed E-state index contributed by atoms with van der Waals surface area (Å²) in [6.07, 6.45) is 1.57. The van der Waals surface area contributed by atoms with Gasteiger partial charge in [-0.25, -0.2) is 9.18 Å².